The van der Waals surface area contributed by atoms with Crippen molar-refractivity contribution >= 4 is 12.1 Å². The minimum Gasteiger partial charge on any atom is -0.393 e. The number of amidine groups is 1. The van der Waals surface area contributed by atoms with Gasteiger partial charge in [0.25, 0.3) is 0 Å². The first-order valence-corrected chi connectivity index (χ1v) is 6.11. The van der Waals surface area contributed by atoms with E-state index in [2.05, 4.69) is 0 Å². The molecule has 92 valence electrons. The number of aliphatic hydroxyl groups is 1. The normalized spacial score (nSPS) is 26.6. The molecule has 4 N–H and O–H groups in total. The van der Waals surface area contributed by atoms with Crippen molar-refractivity contribution in [3.05, 3.63) is 0 Å². The van der Waals surface area contributed by atoms with Gasteiger partial charge in [0, 0.05) is 12.3 Å². The molecule has 0 saturated heterocycles. The van der Waals surface area contributed by atoms with Gasteiger partial charge in [0.15, 0.2) is 0 Å². The predicted molar refractivity (Wildman–Crippen MR) is 63.3 cm³/mol. The summed E-state index contributed by atoms with van der Waals surface area (Å²) in [5.41, 5.74) is 5.26. The number of hydrogen-bond donors (Lipinski definition) is 3. The van der Waals surface area contributed by atoms with Gasteiger partial charge in [-0.1, -0.05) is 12.8 Å². The minimum absolute atomic E-state index is 0.00976. The lowest BCUT2D eigenvalue weighted by molar-refractivity contribution is -0.114. The van der Waals surface area contributed by atoms with E-state index in [0.717, 1.165) is 44.8 Å². The Kier molecular flexibility index (Phi) is 5.46. The third-order valence-electron chi connectivity index (χ3n) is 3.49. The van der Waals surface area contributed by atoms with Crippen molar-refractivity contribution in [2.24, 2.45) is 17.6 Å². The van der Waals surface area contributed by atoms with E-state index in [-0.39, 0.29) is 23.8 Å². The van der Waals surface area contributed by atoms with Crippen LogP contribution in [0.4, 0.5) is 0 Å². The van der Waals surface area contributed by atoms with Crippen molar-refractivity contribution in [1.29, 1.82) is 5.41 Å². The van der Waals surface area contributed by atoms with E-state index < -0.39 is 0 Å². The quantitative estimate of drug-likeness (QED) is 0.266. The van der Waals surface area contributed by atoms with Gasteiger partial charge in [0.1, 0.15) is 6.29 Å². The third kappa shape index (κ3) is 3.93. The van der Waals surface area contributed by atoms with Crippen molar-refractivity contribution in [3.63, 3.8) is 0 Å². The number of aliphatic hydroxyl groups excluding tert-OH is 1. The van der Waals surface area contributed by atoms with Crippen molar-refractivity contribution in [2.45, 2.75) is 51.0 Å². The molecule has 1 aliphatic carbocycles. The summed E-state index contributed by atoms with van der Waals surface area (Å²) in [6.45, 7) is 0. The molecular weight excluding hydrogens is 204 g/mol. The molecule has 16 heavy (non-hydrogen) atoms. The van der Waals surface area contributed by atoms with E-state index >= 15 is 0 Å². The fourth-order valence-electron chi connectivity index (χ4n) is 2.55. The highest BCUT2D eigenvalue weighted by molar-refractivity contribution is 5.76. The number of carbonyl (C=O) groups excluding carboxylic acids is 1. The highest BCUT2D eigenvalue weighted by Crippen LogP contribution is 2.33. The van der Waals surface area contributed by atoms with Gasteiger partial charge in [-0.15, -0.1) is 0 Å². The molecule has 1 fully saturated rings. The molecule has 1 saturated carbocycles. The van der Waals surface area contributed by atoms with Crippen molar-refractivity contribution in [2.75, 3.05) is 0 Å². The Balaban J connectivity index is 2.26. The highest BCUT2D eigenvalue weighted by atomic mass is 16.3. The average molecular weight is 226 g/mol. The first kappa shape index (κ1) is 13.2. The summed E-state index contributed by atoms with van der Waals surface area (Å²) in [5, 5.41) is 16.8. The van der Waals surface area contributed by atoms with E-state index in [1.165, 1.54) is 0 Å². The molecule has 0 unspecified atom stereocenters. The topological polar surface area (TPSA) is 87.2 Å². The number of hydrogen-bond acceptors (Lipinski definition) is 3. The second-order valence-electron chi connectivity index (χ2n) is 4.73. The molecule has 1 aliphatic rings. The molecule has 4 nitrogen and oxygen atoms in total. The average Bonchev–Trinajstić information content (AvgIpc) is 2.65. The molecule has 0 amide bonds. The van der Waals surface area contributed by atoms with Crippen LogP contribution >= 0.6 is 0 Å². The van der Waals surface area contributed by atoms with Crippen LogP contribution < -0.4 is 5.73 Å². The molecule has 0 radical (unpaired) electrons. The van der Waals surface area contributed by atoms with Crippen LogP contribution in [0.15, 0.2) is 0 Å². The molecule has 0 heterocycles. The Labute approximate surface area is 96.7 Å². The van der Waals surface area contributed by atoms with Gasteiger partial charge < -0.3 is 15.6 Å². The minimum atomic E-state index is -0.289. The summed E-state index contributed by atoms with van der Waals surface area (Å²) >= 11 is 0. The Morgan fingerprint density at radius 3 is 2.75 bits per heavy atom. The maximum Gasteiger partial charge on any atom is 0.123 e. The van der Waals surface area contributed by atoms with Crippen LogP contribution in [0.3, 0.4) is 0 Å². The summed E-state index contributed by atoms with van der Waals surface area (Å²) in [6.07, 6.45) is 6.74. The maximum atomic E-state index is 11.0. The molecule has 0 bridgehead atoms. The third-order valence-corrected chi connectivity index (χ3v) is 3.49. The fourth-order valence-corrected chi connectivity index (χ4v) is 2.55. The van der Waals surface area contributed by atoms with Crippen LogP contribution in [0.2, 0.25) is 0 Å². The lowest BCUT2D eigenvalue weighted by Crippen LogP contribution is -2.24. The molecule has 3 atom stereocenters. The van der Waals surface area contributed by atoms with E-state index in [9.17, 15) is 9.90 Å². The number of rotatable bonds is 7. The van der Waals surface area contributed by atoms with Crippen LogP contribution in [0.5, 0.6) is 0 Å². The number of unbranched alkanes of at least 4 members (excludes halogenated alkanes) is 1. The molecule has 4 heteroatoms. The van der Waals surface area contributed by atoms with Crippen molar-refractivity contribution in [3.8, 4) is 0 Å². The van der Waals surface area contributed by atoms with E-state index in [4.69, 9.17) is 11.1 Å². The molecule has 0 spiro atoms. The van der Waals surface area contributed by atoms with E-state index in [1.54, 1.807) is 0 Å². The zero-order valence-corrected chi connectivity index (χ0v) is 9.69. The van der Waals surface area contributed by atoms with Crippen molar-refractivity contribution in [1.82, 2.24) is 0 Å². The summed E-state index contributed by atoms with van der Waals surface area (Å²) in [7, 11) is 0. The summed E-state index contributed by atoms with van der Waals surface area (Å²) in [4.78, 5) is 11.0. The Bertz CT molecular complexity index is 243. The highest BCUT2D eigenvalue weighted by Gasteiger charge is 2.31. The van der Waals surface area contributed by atoms with Crippen molar-refractivity contribution < 1.29 is 9.90 Å². The van der Waals surface area contributed by atoms with Gasteiger partial charge in [-0.2, -0.15) is 0 Å². The number of nitrogens with one attached hydrogen (secondary N) is 1. The van der Waals surface area contributed by atoms with Crippen LogP contribution in [0.1, 0.15) is 44.9 Å². The standard InChI is InChI=1S/C12H22N2O2/c13-12(14)7-2-1-4-9(8-15)10-5-3-6-11(10)16/h8-11,16H,1-7H2,(H3,13,14)/t9-,10+,11-/m0/s1. The van der Waals surface area contributed by atoms with E-state index in [0.29, 0.717) is 6.42 Å². The molecular formula is C12H22N2O2. The largest absolute Gasteiger partial charge is 0.393 e. The predicted octanol–water partition coefficient (Wildman–Crippen LogP) is 1.46. The van der Waals surface area contributed by atoms with E-state index in [1.807, 2.05) is 0 Å². The van der Waals surface area contributed by atoms with Gasteiger partial charge in [0.05, 0.1) is 11.9 Å². The monoisotopic (exact) mass is 226 g/mol. The van der Waals surface area contributed by atoms with Gasteiger partial charge in [-0.05, 0) is 31.6 Å². The summed E-state index contributed by atoms with van der Waals surface area (Å²) in [6, 6.07) is 0. The van der Waals surface area contributed by atoms with Gasteiger partial charge in [0.2, 0.25) is 0 Å². The Morgan fingerprint density at radius 2 is 2.25 bits per heavy atom. The Hall–Kier alpha value is -0.900. The number of carbonyl (C=O) groups is 1. The lowest BCUT2D eigenvalue weighted by atomic mass is 9.86. The van der Waals surface area contributed by atoms with Crippen LogP contribution in [-0.4, -0.2) is 23.3 Å². The van der Waals surface area contributed by atoms with Gasteiger partial charge in [-0.25, -0.2) is 0 Å². The fraction of sp³-hybridized carbons (Fsp3) is 0.833. The Morgan fingerprint density at radius 1 is 1.50 bits per heavy atom. The SMILES string of the molecule is N=C(N)CCCC[C@@H](C=O)[C@H]1CCC[C@@H]1O. The second kappa shape index (κ2) is 6.63. The molecule has 1 rings (SSSR count). The van der Waals surface area contributed by atoms with Crippen LogP contribution in [0, 0.1) is 17.2 Å². The molecule has 0 aromatic carbocycles. The lowest BCUT2D eigenvalue weighted by Gasteiger charge is -2.21. The maximum absolute atomic E-state index is 11.0. The molecule has 0 aromatic heterocycles. The summed E-state index contributed by atoms with van der Waals surface area (Å²) < 4.78 is 0. The molecule has 0 aromatic rings. The second-order valence-corrected chi connectivity index (χ2v) is 4.73. The summed E-state index contributed by atoms with van der Waals surface area (Å²) in [5.74, 6) is 0.364. The molecule has 0 aliphatic heterocycles. The first-order valence-electron chi connectivity index (χ1n) is 6.11. The van der Waals surface area contributed by atoms with Gasteiger partial charge in [-0.3, -0.25) is 5.41 Å². The first-order chi connectivity index (χ1) is 7.65. The van der Waals surface area contributed by atoms with Gasteiger partial charge >= 0.3 is 0 Å². The van der Waals surface area contributed by atoms with Crippen LogP contribution in [0.25, 0.3) is 0 Å². The smallest absolute Gasteiger partial charge is 0.123 e. The van der Waals surface area contributed by atoms with Crippen LogP contribution in [-0.2, 0) is 4.79 Å². The number of nitrogens with two attached hydrogens (primary N) is 1. The number of aldehydes is 1. The zero-order chi connectivity index (χ0) is 12.0. The zero-order valence-electron chi connectivity index (χ0n) is 9.69.